The van der Waals surface area contributed by atoms with Crippen LogP contribution in [0.1, 0.15) is 46.8 Å². The lowest BCUT2D eigenvalue weighted by Gasteiger charge is -2.36. The van der Waals surface area contributed by atoms with Gasteiger partial charge >= 0.3 is 0 Å². The number of hydrogen-bond acceptors (Lipinski definition) is 4. The van der Waals surface area contributed by atoms with E-state index in [1.165, 1.54) is 11.1 Å². The minimum Gasteiger partial charge on any atom is -0.373 e. The number of benzene rings is 1. The first kappa shape index (κ1) is 18.4. The molecule has 5 heteroatoms. The highest BCUT2D eigenvalue weighted by molar-refractivity contribution is 5.95. The summed E-state index contributed by atoms with van der Waals surface area (Å²) >= 11 is 0. The van der Waals surface area contributed by atoms with E-state index in [9.17, 15) is 4.79 Å². The summed E-state index contributed by atoms with van der Waals surface area (Å²) < 4.78 is 0. The largest absolute Gasteiger partial charge is 0.373 e. The molecule has 0 bridgehead atoms. The molecule has 3 rings (SSSR count). The third-order valence-electron chi connectivity index (χ3n) is 4.89. The molecule has 0 spiro atoms. The molecule has 0 unspecified atom stereocenters. The molecule has 1 saturated heterocycles. The fraction of sp³-hybridized carbons (Fsp3) is 0.429. The van der Waals surface area contributed by atoms with E-state index in [0.717, 1.165) is 38.2 Å². The topological polar surface area (TPSA) is 48.5 Å². The number of piperidine rings is 1. The van der Waals surface area contributed by atoms with Crippen LogP contribution in [-0.2, 0) is 6.54 Å². The normalized spacial score (nSPS) is 17.4. The van der Waals surface area contributed by atoms with Crippen LogP contribution in [0.25, 0.3) is 0 Å². The van der Waals surface area contributed by atoms with E-state index in [-0.39, 0.29) is 11.9 Å². The Morgan fingerprint density at radius 2 is 2.00 bits per heavy atom. The van der Waals surface area contributed by atoms with Gasteiger partial charge in [0.25, 0.3) is 5.91 Å². The van der Waals surface area contributed by atoms with E-state index in [4.69, 9.17) is 0 Å². The van der Waals surface area contributed by atoms with Gasteiger partial charge in [0.1, 0.15) is 5.82 Å². The van der Waals surface area contributed by atoms with Gasteiger partial charge in [-0.15, -0.1) is 0 Å². The van der Waals surface area contributed by atoms with Crippen LogP contribution in [0.15, 0.2) is 42.6 Å². The highest BCUT2D eigenvalue weighted by Gasteiger charge is 2.28. The molecule has 26 heavy (non-hydrogen) atoms. The second kappa shape index (κ2) is 8.32. The van der Waals surface area contributed by atoms with E-state index in [0.29, 0.717) is 5.56 Å². The number of anilines is 1. The van der Waals surface area contributed by atoms with Gasteiger partial charge in [0.2, 0.25) is 0 Å². The summed E-state index contributed by atoms with van der Waals surface area (Å²) in [5.74, 6) is 0.809. The third-order valence-corrected chi connectivity index (χ3v) is 4.89. The molecule has 2 aromatic rings. The van der Waals surface area contributed by atoms with Gasteiger partial charge in [-0.1, -0.05) is 24.3 Å². The number of nitrogens with zero attached hydrogens (tertiary/aromatic N) is 3. The lowest BCUT2D eigenvalue weighted by Crippen LogP contribution is -2.38. The predicted octanol–water partition coefficient (Wildman–Crippen LogP) is 3.55. The summed E-state index contributed by atoms with van der Waals surface area (Å²) in [5, 5.41) is 3.00. The Morgan fingerprint density at radius 1 is 1.23 bits per heavy atom. The summed E-state index contributed by atoms with van der Waals surface area (Å²) in [5.41, 5.74) is 3.21. The van der Waals surface area contributed by atoms with Crippen LogP contribution in [0.2, 0.25) is 0 Å². The molecule has 1 amide bonds. The third kappa shape index (κ3) is 4.22. The Hall–Kier alpha value is -2.40. The van der Waals surface area contributed by atoms with E-state index < -0.39 is 0 Å². The molecule has 1 aliphatic rings. The van der Waals surface area contributed by atoms with Gasteiger partial charge in [-0.3, -0.25) is 4.79 Å². The van der Waals surface area contributed by atoms with Crippen LogP contribution in [-0.4, -0.2) is 48.4 Å². The van der Waals surface area contributed by atoms with Crippen LogP contribution < -0.4 is 5.32 Å². The molecule has 1 fully saturated rings. The molecule has 2 heterocycles. The zero-order valence-electron chi connectivity index (χ0n) is 15.9. The minimum absolute atomic E-state index is 0.0889. The first-order valence-corrected chi connectivity index (χ1v) is 9.27. The standard InChI is InChI=1S/C21H28N4O/c1-22-20-14-18(11-12-23-20)21(26)25-13-5-4-6-19(25)17-9-7-16(8-10-17)15-24(2)3/h7-12,14,19H,4-6,13,15H2,1-3H3,(H,22,23)/t19-/m0/s1. The Labute approximate surface area is 156 Å². The smallest absolute Gasteiger partial charge is 0.254 e. The van der Waals surface area contributed by atoms with E-state index in [1.807, 2.05) is 18.0 Å². The number of pyridine rings is 1. The molecular formula is C21H28N4O. The quantitative estimate of drug-likeness (QED) is 0.894. The Kier molecular flexibility index (Phi) is 5.89. The number of likely N-dealkylation sites (tertiary alicyclic amines) is 1. The maximum absolute atomic E-state index is 13.1. The summed E-state index contributed by atoms with van der Waals surface area (Å²) in [4.78, 5) is 21.5. The fourth-order valence-electron chi connectivity index (χ4n) is 3.60. The van der Waals surface area contributed by atoms with Crippen LogP contribution in [0.4, 0.5) is 5.82 Å². The van der Waals surface area contributed by atoms with Crippen molar-refractivity contribution in [1.82, 2.24) is 14.8 Å². The highest BCUT2D eigenvalue weighted by Crippen LogP contribution is 2.32. The van der Waals surface area contributed by atoms with Gasteiger partial charge in [0.15, 0.2) is 0 Å². The van der Waals surface area contributed by atoms with Gasteiger partial charge in [0, 0.05) is 31.9 Å². The van der Waals surface area contributed by atoms with Crippen molar-refractivity contribution in [2.75, 3.05) is 33.0 Å². The zero-order chi connectivity index (χ0) is 18.5. The number of amides is 1. The first-order chi connectivity index (χ1) is 12.6. The fourth-order valence-corrected chi connectivity index (χ4v) is 3.60. The van der Waals surface area contributed by atoms with Crippen molar-refractivity contribution in [3.8, 4) is 0 Å². The van der Waals surface area contributed by atoms with Gasteiger partial charge in [0.05, 0.1) is 6.04 Å². The summed E-state index contributed by atoms with van der Waals surface area (Å²) in [6.07, 6.45) is 4.92. The van der Waals surface area contributed by atoms with Crippen molar-refractivity contribution in [3.63, 3.8) is 0 Å². The number of aromatic nitrogens is 1. The monoisotopic (exact) mass is 352 g/mol. The minimum atomic E-state index is 0.0889. The van der Waals surface area contributed by atoms with Crippen LogP contribution in [0.3, 0.4) is 0 Å². The van der Waals surface area contributed by atoms with Crippen LogP contribution in [0, 0.1) is 0 Å². The summed E-state index contributed by atoms with van der Waals surface area (Å²) in [6.45, 7) is 1.73. The number of hydrogen-bond donors (Lipinski definition) is 1. The number of nitrogens with one attached hydrogen (secondary N) is 1. The summed E-state index contributed by atoms with van der Waals surface area (Å²) in [7, 11) is 5.96. The molecular weight excluding hydrogens is 324 g/mol. The van der Waals surface area contributed by atoms with Crippen LogP contribution in [0.5, 0.6) is 0 Å². The molecule has 1 N–H and O–H groups in total. The Bertz CT molecular complexity index is 742. The van der Waals surface area contributed by atoms with Crippen molar-refractivity contribution in [2.45, 2.75) is 31.8 Å². The van der Waals surface area contributed by atoms with Gasteiger partial charge in [-0.2, -0.15) is 0 Å². The average molecular weight is 352 g/mol. The Morgan fingerprint density at radius 3 is 2.69 bits per heavy atom. The zero-order valence-corrected chi connectivity index (χ0v) is 15.9. The maximum Gasteiger partial charge on any atom is 0.254 e. The number of rotatable bonds is 5. The molecule has 138 valence electrons. The molecule has 0 radical (unpaired) electrons. The van der Waals surface area contributed by atoms with Crippen molar-refractivity contribution in [2.24, 2.45) is 0 Å². The van der Waals surface area contributed by atoms with Gasteiger partial charge < -0.3 is 15.1 Å². The van der Waals surface area contributed by atoms with Gasteiger partial charge in [-0.05, 0) is 56.6 Å². The van der Waals surface area contributed by atoms with Gasteiger partial charge in [-0.25, -0.2) is 4.98 Å². The highest BCUT2D eigenvalue weighted by atomic mass is 16.2. The second-order valence-electron chi connectivity index (χ2n) is 7.17. The molecule has 1 atom stereocenters. The van der Waals surface area contributed by atoms with E-state index >= 15 is 0 Å². The Balaban J connectivity index is 1.82. The molecule has 5 nitrogen and oxygen atoms in total. The van der Waals surface area contributed by atoms with Crippen molar-refractivity contribution in [1.29, 1.82) is 0 Å². The molecule has 1 aliphatic heterocycles. The SMILES string of the molecule is CNc1cc(C(=O)N2CCCC[C@H]2c2ccc(CN(C)C)cc2)ccn1. The second-order valence-corrected chi connectivity index (χ2v) is 7.17. The van der Waals surface area contributed by atoms with Crippen LogP contribution >= 0.6 is 0 Å². The molecule has 0 saturated carbocycles. The maximum atomic E-state index is 13.1. The average Bonchev–Trinajstić information content (AvgIpc) is 2.67. The summed E-state index contributed by atoms with van der Waals surface area (Å²) in [6, 6.07) is 12.5. The first-order valence-electron chi connectivity index (χ1n) is 9.27. The van der Waals surface area contributed by atoms with E-state index in [1.54, 1.807) is 12.3 Å². The number of carbonyl (C=O) groups is 1. The van der Waals surface area contributed by atoms with Crippen molar-refractivity contribution >= 4 is 11.7 Å². The van der Waals surface area contributed by atoms with Crippen molar-refractivity contribution in [3.05, 3.63) is 59.3 Å². The van der Waals surface area contributed by atoms with Crippen molar-refractivity contribution < 1.29 is 4.79 Å². The number of carbonyl (C=O) groups excluding carboxylic acids is 1. The lowest BCUT2D eigenvalue weighted by atomic mass is 9.93. The van der Waals surface area contributed by atoms with E-state index in [2.05, 4.69) is 53.6 Å². The lowest BCUT2D eigenvalue weighted by molar-refractivity contribution is 0.0611. The predicted molar refractivity (Wildman–Crippen MR) is 105 cm³/mol. The molecule has 1 aromatic heterocycles. The molecule has 1 aromatic carbocycles. The molecule has 0 aliphatic carbocycles.